The highest BCUT2D eigenvalue weighted by atomic mass is 32.1. The maximum Gasteiger partial charge on any atom is 0.438 e. The van der Waals surface area contributed by atoms with Crippen molar-refractivity contribution in [1.82, 2.24) is 4.98 Å². The molecule has 1 aromatic carbocycles. The lowest BCUT2D eigenvalue weighted by atomic mass is 10.0. The second-order valence-electron chi connectivity index (χ2n) is 5.17. The van der Waals surface area contributed by atoms with Crippen LogP contribution in [0.15, 0.2) is 34.7 Å². The van der Waals surface area contributed by atoms with Crippen LogP contribution in [-0.2, 0) is 0 Å². The lowest BCUT2D eigenvalue weighted by molar-refractivity contribution is -0.254. The van der Waals surface area contributed by atoms with E-state index in [2.05, 4.69) is 10.1 Å². The van der Waals surface area contributed by atoms with E-state index < -0.39 is 18.3 Å². The quantitative estimate of drug-likeness (QED) is 0.879. The maximum absolute atomic E-state index is 13.4. The van der Waals surface area contributed by atoms with Gasteiger partial charge in [0, 0.05) is 10.9 Å². The number of rotatable bonds is 2. The van der Waals surface area contributed by atoms with E-state index in [-0.39, 0.29) is 16.6 Å². The number of hydrogen-bond donors (Lipinski definition) is 2. The SMILES string of the molecule is Cc1csc(N2N=C(c3cccc(O)c3)C[C@@]2(O)C(F)(F)F)n1. The van der Waals surface area contributed by atoms with E-state index in [0.717, 1.165) is 11.3 Å². The van der Waals surface area contributed by atoms with Crippen molar-refractivity contribution in [1.29, 1.82) is 0 Å². The van der Waals surface area contributed by atoms with Gasteiger partial charge in [0.25, 0.3) is 5.72 Å². The molecule has 2 aromatic rings. The zero-order chi connectivity index (χ0) is 16.8. The predicted molar refractivity (Wildman–Crippen MR) is 79.6 cm³/mol. The number of aryl methyl sites for hydroxylation is 1. The molecule has 0 bridgehead atoms. The summed E-state index contributed by atoms with van der Waals surface area (Å²) in [7, 11) is 0. The van der Waals surface area contributed by atoms with Crippen LogP contribution in [0.4, 0.5) is 18.3 Å². The highest BCUT2D eigenvalue weighted by Gasteiger charge is 2.62. The maximum atomic E-state index is 13.4. The second kappa shape index (κ2) is 5.20. The molecule has 1 aromatic heterocycles. The van der Waals surface area contributed by atoms with Crippen molar-refractivity contribution in [2.45, 2.75) is 25.2 Å². The molecular weight excluding hydrogens is 331 g/mol. The zero-order valence-corrected chi connectivity index (χ0v) is 12.7. The molecule has 2 N–H and O–H groups in total. The average molecular weight is 343 g/mol. The molecule has 9 heteroatoms. The summed E-state index contributed by atoms with van der Waals surface area (Å²) >= 11 is 0.964. The molecule has 122 valence electrons. The topological polar surface area (TPSA) is 69.0 Å². The molecule has 0 amide bonds. The molecule has 3 rings (SSSR count). The highest BCUT2D eigenvalue weighted by Crippen LogP contribution is 2.44. The lowest BCUT2D eigenvalue weighted by Crippen LogP contribution is -2.55. The number of phenolic OH excluding ortho intramolecular Hbond substituents is 1. The third-order valence-corrected chi connectivity index (χ3v) is 4.34. The van der Waals surface area contributed by atoms with E-state index in [0.29, 0.717) is 16.3 Å². The van der Waals surface area contributed by atoms with Crippen LogP contribution in [0.3, 0.4) is 0 Å². The Labute approximate surface area is 133 Å². The molecule has 0 aliphatic carbocycles. The minimum Gasteiger partial charge on any atom is -0.508 e. The number of hydrazone groups is 1. The van der Waals surface area contributed by atoms with Gasteiger partial charge in [-0.15, -0.1) is 11.3 Å². The Bertz CT molecular complexity index is 775. The summed E-state index contributed by atoms with van der Waals surface area (Å²) in [4.78, 5) is 3.98. The Morgan fingerprint density at radius 1 is 1.35 bits per heavy atom. The molecule has 0 fully saturated rings. The summed E-state index contributed by atoms with van der Waals surface area (Å²) in [6, 6.07) is 5.71. The largest absolute Gasteiger partial charge is 0.508 e. The number of benzene rings is 1. The molecule has 1 atom stereocenters. The normalized spacial score (nSPS) is 21.6. The Morgan fingerprint density at radius 2 is 2.09 bits per heavy atom. The smallest absolute Gasteiger partial charge is 0.438 e. The molecule has 5 nitrogen and oxygen atoms in total. The van der Waals surface area contributed by atoms with Crippen LogP contribution < -0.4 is 5.01 Å². The third-order valence-electron chi connectivity index (χ3n) is 3.41. The monoisotopic (exact) mass is 343 g/mol. The van der Waals surface area contributed by atoms with Gasteiger partial charge in [0.15, 0.2) is 0 Å². The van der Waals surface area contributed by atoms with Crippen LogP contribution in [0.2, 0.25) is 0 Å². The van der Waals surface area contributed by atoms with Gasteiger partial charge >= 0.3 is 6.18 Å². The Hall–Kier alpha value is -2.13. The molecule has 1 aliphatic heterocycles. The van der Waals surface area contributed by atoms with Gasteiger partial charge in [-0.05, 0) is 19.1 Å². The van der Waals surface area contributed by atoms with Crippen LogP contribution in [0.25, 0.3) is 0 Å². The standard InChI is InChI=1S/C14H12F3N3O2S/c1-8-7-23-12(18-8)20-13(22,14(15,16)17)6-11(19-20)9-3-2-4-10(21)5-9/h2-5,7,21-22H,6H2,1H3/t13-/m1/s1. The number of alkyl halides is 3. The molecule has 1 aliphatic rings. The van der Waals surface area contributed by atoms with Crippen LogP contribution in [0.1, 0.15) is 17.7 Å². The summed E-state index contributed by atoms with van der Waals surface area (Å²) < 4.78 is 40.3. The average Bonchev–Trinajstić information content (AvgIpc) is 3.02. The van der Waals surface area contributed by atoms with Crippen molar-refractivity contribution in [3.8, 4) is 5.75 Å². The minimum atomic E-state index is -4.92. The van der Waals surface area contributed by atoms with E-state index in [1.165, 1.54) is 24.3 Å². The number of aromatic hydroxyl groups is 1. The molecule has 2 heterocycles. The molecule has 0 unspecified atom stereocenters. The number of aliphatic hydroxyl groups is 1. The minimum absolute atomic E-state index is 0.0218. The first-order valence-electron chi connectivity index (χ1n) is 6.59. The fourth-order valence-electron chi connectivity index (χ4n) is 2.25. The second-order valence-corrected chi connectivity index (χ2v) is 6.01. The number of thiazole rings is 1. The van der Waals surface area contributed by atoms with E-state index in [1.54, 1.807) is 12.3 Å². The van der Waals surface area contributed by atoms with Crippen molar-refractivity contribution >= 4 is 22.2 Å². The molecule has 0 spiro atoms. The summed E-state index contributed by atoms with van der Waals surface area (Å²) in [5.41, 5.74) is -2.30. The fraction of sp³-hybridized carbons (Fsp3) is 0.286. The summed E-state index contributed by atoms with van der Waals surface area (Å²) in [5, 5.41) is 25.7. The Balaban J connectivity index is 2.08. The molecule has 0 saturated carbocycles. The van der Waals surface area contributed by atoms with Gasteiger partial charge < -0.3 is 10.2 Å². The van der Waals surface area contributed by atoms with Crippen molar-refractivity contribution in [3.63, 3.8) is 0 Å². The first-order chi connectivity index (χ1) is 10.7. The number of halogens is 3. The molecule has 23 heavy (non-hydrogen) atoms. The summed E-state index contributed by atoms with van der Waals surface area (Å²) in [6.07, 6.45) is -5.67. The lowest BCUT2D eigenvalue weighted by Gasteiger charge is -2.32. The van der Waals surface area contributed by atoms with Crippen molar-refractivity contribution in [2.75, 3.05) is 5.01 Å². The van der Waals surface area contributed by atoms with Gasteiger partial charge in [0.1, 0.15) is 5.75 Å². The van der Waals surface area contributed by atoms with Gasteiger partial charge in [0.2, 0.25) is 5.13 Å². The van der Waals surface area contributed by atoms with E-state index >= 15 is 0 Å². The van der Waals surface area contributed by atoms with Gasteiger partial charge in [0.05, 0.1) is 17.8 Å². The van der Waals surface area contributed by atoms with Crippen LogP contribution in [0.5, 0.6) is 5.75 Å². The van der Waals surface area contributed by atoms with Crippen LogP contribution in [0, 0.1) is 6.92 Å². The van der Waals surface area contributed by atoms with Crippen molar-refractivity contribution in [3.05, 3.63) is 40.9 Å². The fourth-order valence-corrected chi connectivity index (χ4v) is 3.07. The van der Waals surface area contributed by atoms with Gasteiger partial charge in [-0.3, -0.25) is 0 Å². The molecule has 0 saturated heterocycles. The third kappa shape index (κ3) is 2.66. The van der Waals surface area contributed by atoms with Gasteiger partial charge in [-0.2, -0.15) is 23.3 Å². The van der Waals surface area contributed by atoms with Crippen LogP contribution >= 0.6 is 11.3 Å². The van der Waals surface area contributed by atoms with Gasteiger partial charge in [-0.1, -0.05) is 12.1 Å². The highest BCUT2D eigenvalue weighted by molar-refractivity contribution is 7.13. The zero-order valence-electron chi connectivity index (χ0n) is 11.9. The van der Waals surface area contributed by atoms with Gasteiger partial charge in [-0.25, -0.2) is 4.98 Å². The number of phenols is 1. The van der Waals surface area contributed by atoms with Crippen molar-refractivity contribution < 1.29 is 23.4 Å². The molecule has 0 radical (unpaired) electrons. The number of aromatic nitrogens is 1. The number of anilines is 1. The van der Waals surface area contributed by atoms with E-state index in [4.69, 9.17) is 0 Å². The Morgan fingerprint density at radius 3 is 2.65 bits per heavy atom. The van der Waals surface area contributed by atoms with E-state index in [1.807, 2.05) is 0 Å². The first kappa shape index (κ1) is 15.8. The van der Waals surface area contributed by atoms with Crippen LogP contribution in [-0.4, -0.2) is 32.8 Å². The van der Waals surface area contributed by atoms with Crippen molar-refractivity contribution in [2.24, 2.45) is 5.10 Å². The number of nitrogens with zero attached hydrogens (tertiary/aromatic N) is 3. The summed E-state index contributed by atoms with van der Waals surface area (Å²) in [6.45, 7) is 1.64. The van der Waals surface area contributed by atoms with E-state index in [9.17, 15) is 23.4 Å². The number of hydrogen-bond acceptors (Lipinski definition) is 6. The summed E-state index contributed by atoms with van der Waals surface area (Å²) in [5.74, 6) is -0.0932. The Kier molecular flexibility index (Phi) is 3.56. The molecular formula is C14H12F3N3O2S. The first-order valence-corrected chi connectivity index (χ1v) is 7.47. The predicted octanol–water partition coefficient (Wildman–Crippen LogP) is 3.02.